The first-order valence-corrected chi connectivity index (χ1v) is 13.7. The summed E-state index contributed by atoms with van der Waals surface area (Å²) in [6, 6.07) is 20.5. The minimum Gasteiger partial charge on any atom is -0.457 e. The van der Waals surface area contributed by atoms with Crippen LogP contribution in [0.2, 0.25) is 0 Å². The molecule has 40 heavy (non-hydrogen) atoms. The van der Waals surface area contributed by atoms with E-state index in [0.29, 0.717) is 12.0 Å². The summed E-state index contributed by atoms with van der Waals surface area (Å²) >= 11 is 0. The van der Waals surface area contributed by atoms with Crippen molar-refractivity contribution >= 4 is 11.8 Å². The molecule has 0 spiro atoms. The van der Waals surface area contributed by atoms with Crippen LogP contribution in [0.15, 0.2) is 84.1 Å². The van der Waals surface area contributed by atoms with Gasteiger partial charge in [-0.3, -0.25) is 0 Å². The lowest BCUT2D eigenvalue weighted by atomic mass is 10.1. The molecular weight excluding hydrogens is 494 g/mol. The predicted molar refractivity (Wildman–Crippen MR) is 180 cm³/mol. The fourth-order valence-corrected chi connectivity index (χ4v) is 1.63. The molecule has 0 saturated heterocycles. The molecule has 0 bridgehead atoms. The second kappa shape index (κ2) is 28.9. The maximum atomic E-state index is 11.3. The number of allylic oxidation sites excluding steroid dienone is 2. The summed E-state index contributed by atoms with van der Waals surface area (Å²) in [5.74, 6) is 0.0347. The van der Waals surface area contributed by atoms with E-state index in [2.05, 4.69) is 44.7 Å². The Morgan fingerprint density at radius 2 is 1.05 bits per heavy atom. The number of hydrogen-bond donors (Lipinski definition) is 0. The molecule has 0 N–H and O–H groups in total. The van der Waals surface area contributed by atoms with Crippen molar-refractivity contribution < 1.29 is 14.3 Å². The van der Waals surface area contributed by atoms with Crippen molar-refractivity contribution in [2.75, 3.05) is 14.1 Å². The van der Waals surface area contributed by atoms with Crippen LogP contribution in [0.5, 0.6) is 0 Å². The molecule has 2 aromatic carbocycles. The minimum absolute atomic E-state index is 0. The quantitative estimate of drug-likeness (QED) is 0.278. The summed E-state index contributed by atoms with van der Waals surface area (Å²) in [6.45, 7) is 28.4. The molecule has 230 valence electrons. The van der Waals surface area contributed by atoms with Crippen molar-refractivity contribution in [2.24, 2.45) is 0 Å². The molecule has 0 unspecified atom stereocenters. The summed E-state index contributed by atoms with van der Waals surface area (Å²) in [6.07, 6.45) is 0.667. The Bertz CT molecular complexity index is 865. The maximum absolute atomic E-state index is 11.3. The van der Waals surface area contributed by atoms with Crippen LogP contribution < -0.4 is 0 Å². The summed E-state index contributed by atoms with van der Waals surface area (Å²) in [5.41, 5.74) is 5.04. The van der Waals surface area contributed by atoms with Crippen LogP contribution in [-0.4, -0.2) is 36.3 Å². The first-order valence-electron chi connectivity index (χ1n) is 13.7. The van der Waals surface area contributed by atoms with Crippen molar-refractivity contribution in [2.45, 2.75) is 109 Å². The molecule has 0 radical (unpaired) electrons. The predicted octanol–water partition coefficient (Wildman–Crippen LogP) is 10.4. The number of hydrogen-bond acceptors (Lipinski definition) is 4. The van der Waals surface area contributed by atoms with Crippen LogP contribution in [0.3, 0.4) is 0 Å². The Morgan fingerprint density at radius 3 is 1.18 bits per heavy atom. The van der Waals surface area contributed by atoms with Crippen molar-refractivity contribution in [3.05, 3.63) is 95.2 Å². The highest BCUT2D eigenvalue weighted by Crippen LogP contribution is 2.12. The Hall–Kier alpha value is -3.14. The van der Waals surface area contributed by atoms with Gasteiger partial charge in [0.05, 0.1) is 0 Å². The first kappa shape index (κ1) is 46.7. The largest absolute Gasteiger partial charge is 0.457 e. The molecule has 2 rings (SSSR count). The van der Waals surface area contributed by atoms with Crippen LogP contribution in [0.1, 0.15) is 101 Å². The average Bonchev–Trinajstić information content (AvgIpc) is 2.86. The first-order chi connectivity index (χ1) is 17.9. The number of carbonyl (C=O) groups is 2. The van der Waals surface area contributed by atoms with E-state index in [0.717, 1.165) is 11.3 Å². The van der Waals surface area contributed by atoms with Gasteiger partial charge in [-0.05, 0) is 69.2 Å². The fourth-order valence-electron chi connectivity index (χ4n) is 1.63. The molecule has 0 heterocycles. The number of esters is 1. The normalized spacial score (nSPS) is 8.57. The third kappa shape index (κ3) is 39.4. The standard InChI is InChI=1S/C10H18O2.2C7H8.C5H11N.C4H8O.C2H6.CH4/c1-7(2)8(3)9(11)12-10(4,5)6;2*1-7-5-3-2-4-6-7;1-5(2)6(3)4;1-3-4(2)5;1-2;/h1-6H3;2*2-6H,1H3;1H2,2-4H3;3H2,1-2H3;1-2H3;1H4. The Kier molecular flexibility index (Phi) is 33.7. The Labute approximate surface area is 249 Å². The highest BCUT2D eigenvalue weighted by atomic mass is 16.6. The number of Topliss-reactive ketones (excluding diaryl/α,β-unsaturated/α-hetero) is 1. The molecule has 0 fully saturated rings. The van der Waals surface area contributed by atoms with Crippen LogP contribution >= 0.6 is 0 Å². The number of benzene rings is 2. The molecule has 0 aliphatic heterocycles. The molecular formula is C36H63NO3. The molecule has 4 heteroatoms. The third-order valence-corrected chi connectivity index (χ3v) is 4.60. The smallest absolute Gasteiger partial charge is 0.334 e. The number of ether oxygens (including phenoxy) is 1. The lowest BCUT2D eigenvalue weighted by molar-refractivity contribution is -0.149. The van der Waals surface area contributed by atoms with Gasteiger partial charge in [-0.15, -0.1) is 0 Å². The zero-order chi connectivity index (χ0) is 31.6. The van der Waals surface area contributed by atoms with E-state index in [1.54, 1.807) is 13.8 Å². The van der Waals surface area contributed by atoms with Gasteiger partial charge in [0.15, 0.2) is 0 Å². The van der Waals surface area contributed by atoms with Gasteiger partial charge >= 0.3 is 5.97 Å². The monoisotopic (exact) mass is 557 g/mol. The zero-order valence-electron chi connectivity index (χ0n) is 27.9. The Morgan fingerprint density at radius 1 is 0.775 bits per heavy atom. The molecule has 4 nitrogen and oxygen atoms in total. The lowest BCUT2D eigenvalue weighted by Gasteiger charge is -2.20. The maximum Gasteiger partial charge on any atom is 0.334 e. The number of carbonyl (C=O) groups excluding carboxylic acids is 2. The lowest BCUT2D eigenvalue weighted by Crippen LogP contribution is -2.24. The van der Waals surface area contributed by atoms with Gasteiger partial charge in [0, 0.05) is 31.8 Å². The molecule has 0 aliphatic rings. The topological polar surface area (TPSA) is 46.6 Å². The summed E-state index contributed by atoms with van der Waals surface area (Å²) in [5, 5.41) is 0. The van der Waals surface area contributed by atoms with Crippen LogP contribution in [0.25, 0.3) is 0 Å². The third-order valence-electron chi connectivity index (χ3n) is 4.60. The zero-order valence-corrected chi connectivity index (χ0v) is 27.9. The van der Waals surface area contributed by atoms with Gasteiger partial charge in [-0.2, -0.15) is 0 Å². The Balaban J connectivity index is -0.000000129. The highest BCUT2D eigenvalue weighted by molar-refractivity contribution is 5.88. The SMILES string of the molecule is C.C=C(C)N(C)C.CC.CC(C)=C(C)C(=O)OC(C)(C)C.CCC(C)=O.Cc1ccccc1.Cc1ccccc1. The van der Waals surface area contributed by atoms with E-state index < -0.39 is 5.60 Å². The van der Waals surface area contributed by atoms with Crippen molar-refractivity contribution in [3.63, 3.8) is 0 Å². The van der Waals surface area contributed by atoms with E-state index in [-0.39, 0.29) is 19.2 Å². The summed E-state index contributed by atoms with van der Waals surface area (Å²) in [7, 11) is 3.95. The van der Waals surface area contributed by atoms with Gasteiger partial charge < -0.3 is 14.4 Å². The molecule has 0 aliphatic carbocycles. The molecule has 0 aromatic heterocycles. The summed E-state index contributed by atoms with van der Waals surface area (Å²) < 4.78 is 5.16. The average molecular weight is 558 g/mol. The molecule has 2 aromatic rings. The van der Waals surface area contributed by atoms with Gasteiger partial charge in [0.1, 0.15) is 11.4 Å². The summed E-state index contributed by atoms with van der Waals surface area (Å²) in [4.78, 5) is 23.1. The van der Waals surface area contributed by atoms with Crippen molar-refractivity contribution in [3.8, 4) is 0 Å². The van der Waals surface area contributed by atoms with Crippen molar-refractivity contribution in [1.29, 1.82) is 0 Å². The van der Waals surface area contributed by atoms with E-state index in [1.807, 2.05) is 118 Å². The van der Waals surface area contributed by atoms with Crippen molar-refractivity contribution in [1.82, 2.24) is 4.90 Å². The number of rotatable bonds is 3. The van der Waals surface area contributed by atoms with E-state index >= 15 is 0 Å². The molecule has 0 atom stereocenters. The number of aryl methyl sites for hydroxylation is 2. The second-order valence-electron chi connectivity index (χ2n) is 10.1. The van der Waals surface area contributed by atoms with Gasteiger partial charge in [-0.25, -0.2) is 4.79 Å². The molecule has 0 amide bonds. The number of nitrogens with zero attached hydrogens (tertiary/aromatic N) is 1. The highest BCUT2D eigenvalue weighted by Gasteiger charge is 2.17. The fraction of sp³-hybridized carbons (Fsp3) is 0.500. The second-order valence-corrected chi connectivity index (χ2v) is 10.1. The van der Waals surface area contributed by atoms with E-state index in [9.17, 15) is 9.59 Å². The van der Waals surface area contributed by atoms with Crippen LogP contribution in [0.4, 0.5) is 0 Å². The van der Waals surface area contributed by atoms with Gasteiger partial charge in [0.25, 0.3) is 0 Å². The van der Waals surface area contributed by atoms with E-state index in [4.69, 9.17) is 4.74 Å². The number of ketones is 1. The minimum atomic E-state index is -0.395. The van der Waals surface area contributed by atoms with Gasteiger partial charge in [-0.1, -0.05) is 112 Å². The van der Waals surface area contributed by atoms with Gasteiger partial charge in [0.2, 0.25) is 0 Å². The van der Waals surface area contributed by atoms with Crippen LogP contribution in [0, 0.1) is 13.8 Å². The molecule has 0 saturated carbocycles. The van der Waals surface area contributed by atoms with E-state index in [1.165, 1.54) is 11.1 Å². The van der Waals surface area contributed by atoms with Crippen LogP contribution in [-0.2, 0) is 14.3 Å².